The van der Waals surface area contributed by atoms with Crippen LogP contribution in [0.1, 0.15) is 17.4 Å². The summed E-state index contributed by atoms with van der Waals surface area (Å²) in [6, 6.07) is 1.62. The largest absolute Gasteiger partial charge is 0.330 e. The van der Waals surface area contributed by atoms with Crippen molar-refractivity contribution in [2.75, 3.05) is 5.43 Å². The summed E-state index contributed by atoms with van der Waals surface area (Å²) < 4.78 is 1.63. The third-order valence-corrected chi connectivity index (χ3v) is 1.91. The zero-order valence-corrected chi connectivity index (χ0v) is 7.22. The van der Waals surface area contributed by atoms with Gasteiger partial charge < -0.3 is 10.7 Å². The van der Waals surface area contributed by atoms with Gasteiger partial charge in [0.05, 0.1) is 5.02 Å². The first-order valence-electron chi connectivity index (χ1n) is 3.62. The summed E-state index contributed by atoms with van der Waals surface area (Å²) in [6.07, 6.45) is 1.61. The predicted molar refractivity (Wildman–Crippen MR) is 45.7 cm³/mol. The molecule has 1 aliphatic heterocycles. The minimum atomic E-state index is -0.104. The highest BCUT2D eigenvalue weighted by Crippen LogP contribution is 2.14. The number of halogens is 1. The first kappa shape index (κ1) is 7.49. The van der Waals surface area contributed by atoms with Crippen molar-refractivity contribution in [2.24, 2.45) is 0 Å². The highest BCUT2D eigenvalue weighted by Gasteiger charge is 2.20. The number of fused-ring (bicyclic) bond motifs is 1. The number of nitrogens with one attached hydrogen (secondary N) is 2. The van der Waals surface area contributed by atoms with Gasteiger partial charge in [-0.15, -0.1) is 0 Å². The Morgan fingerprint density at radius 2 is 2.42 bits per heavy atom. The number of aromatic nitrogens is 1. The zero-order valence-electron chi connectivity index (χ0n) is 6.47. The highest BCUT2D eigenvalue weighted by atomic mass is 35.5. The summed E-state index contributed by atoms with van der Waals surface area (Å²) >= 11 is 5.72. The Morgan fingerprint density at radius 1 is 1.67 bits per heavy atom. The molecule has 0 aliphatic carbocycles. The quantitative estimate of drug-likeness (QED) is 0.628. The van der Waals surface area contributed by atoms with E-state index in [4.69, 9.17) is 11.6 Å². The number of carbonyl (C=O) groups is 1. The van der Waals surface area contributed by atoms with Gasteiger partial charge in [-0.25, -0.2) is 0 Å². The molecule has 0 saturated heterocycles. The molecule has 12 heavy (non-hydrogen) atoms. The second kappa shape index (κ2) is 2.42. The Hall–Kier alpha value is -1.16. The molecule has 1 aromatic rings. The first-order valence-corrected chi connectivity index (χ1v) is 4.00. The Balaban J connectivity index is 2.46. The summed E-state index contributed by atoms with van der Waals surface area (Å²) in [7, 11) is 0. The predicted octanol–water partition coefficient (Wildman–Crippen LogP) is 0.774. The Morgan fingerprint density at radius 3 is 3.17 bits per heavy atom. The Labute approximate surface area is 74.5 Å². The van der Waals surface area contributed by atoms with Crippen LogP contribution in [0.4, 0.5) is 0 Å². The number of carbonyl (C=O) groups excluding carboxylic acids is 1. The second-order valence-corrected chi connectivity index (χ2v) is 3.17. The van der Waals surface area contributed by atoms with Crippen LogP contribution in [0.3, 0.4) is 0 Å². The molecular formula is C7H8ClN3O. The van der Waals surface area contributed by atoms with Gasteiger partial charge in [0.15, 0.2) is 0 Å². The van der Waals surface area contributed by atoms with Crippen molar-refractivity contribution in [3.05, 3.63) is 23.0 Å². The fraction of sp³-hybridized carbons (Fsp3) is 0.286. The molecule has 1 unspecified atom stereocenters. The molecule has 1 aliphatic rings. The van der Waals surface area contributed by atoms with Gasteiger partial charge in [0, 0.05) is 6.20 Å². The molecule has 2 heterocycles. The van der Waals surface area contributed by atoms with Gasteiger partial charge in [-0.3, -0.25) is 9.47 Å². The van der Waals surface area contributed by atoms with Crippen molar-refractivity contribution in [3.8, 4) is 0 Å². The van der Waals surface area contributed by atoms with Crippen molar-refractivity contribution in [1.29, 1.82) is 0 Å². The van der Waals surface area contributed by atoms with Gasteiger partial charge >= 0.3 is 0 Å². The zero-order chi connectivity index (χ0) is 8.72. The van der Waals surface area contributed by atoms with Gasteiger partial charge in [-0.2, -0.15) is 0 Å². The molecule has 1 aromatic heterocycles. The first-order chi connectivity index (χ1) is 5.66. The van der Waals surface area contributed by atoms with Crippen LogP contribution < -0.4 is 10.7 Å². The lowest BCUT2D eigenvalue weighted by Gasteiger charge is -2.24. The fourth-order valence-corrected chi connectivity index (χ4v) is 1.42. The van der Waals surface area contributed by atoms with E-state index in [1.807, 2.05) is 6.92 Å². The van der Waals surface area contributed by atoms with Gasteiger partial charge in [0.1, 0.15) is 11.9 Å². The van der Waals surface area contributed by atoms with Gasteiger partial charge in [-0.05, 0) is 13.0 Å². The second-order valence-electron chi connectivity index (χ2n) is 2.74. The minimum Gasteiger partial charge on any atom is -0.330 e. The fourth-order valence-electron chi connectivity index (χ4n) is 1.22. The average molecular weight is 186 g/mol. The van der Waals surface area contributed by atoms with Gasteiger partial charge in [0.25, 0.3) is 5.91 Å². The monoisotopic (exact) mass is 185 g/mol. The average Bonchev–Trinajstić information content (AvgIpc) is 2.29. The number of amides is 1. The van der Waals surface area contributed by atoms with Crippen LogP contribution in [-0.2, 0) is 0 Å². The summed E-state index contributed by atoms with van der Waals surface area (Å²) in [5.41, 5.74) is 3.55. The number of rotatable bonds is 0. The van der Waals surface area contributed by atoms with Gasteiger partial charge in [-0.1, -0.05) is 11.6 Å². The summed E-state index contributed by atoms with van der Waals surface area (Å²) in [6.45, 7) is 1.86. The number of hydrogen-bond acceptors (Lipinski definition) is 2. The molecule has 0 radical (unpaired) electrons. The van der Waals surface area contributed by atoms with E-state index in [2.05, 4.69) is 10.7 Å². The highest BCUT2D eigenvalue weighted by molar-refractivity contribution is 6.31. The molecule has 0 spiro atoms. The Bertz CT molecular complexity index is 333. The van der Waals surface area contributed by atoms with Crippen LogP contribution in [0.15, 0.2) is 12.3 Å². The van der Waals surface area contributed by atoms with Crippen LogP contribution >= 0.6 is 11.6 Å². The van der Waals surface area contributed by atoms with Crippen LogP contribution in [0.2, 0.25) is 5.02 Å². The van der Waals surface area contributed by atoms with Crippen molar-refractivity contribution >= 4 is 17.5 Å². The molecule has 5 heteroatoms. The molecule has 0 saturated carbocycles. The molecule has 1 atom stereocenters. The van der Waals surface area contributed by atoms with E-state index in [0.29, 0.717) is 10.7 Å². The van der Waals surface area contributed by atoms with Crippen LogP contribution in [0.5, 0.6) is 0 Å². The van der Waals surface area contributed by atoms with E-state index >= 15 is 0 Å². The van der Waals surface area contributed by atoms with Crippen LogP contribution in [-0.4, -0.2) is 16.7 Å². The maximum Gasteiger partial charge on any atom is 0.271 e. The van der Waals surface area contributed by atoms with Crippen molar-refractivity contribution in [1.82, 2.24) is 9.99 Å². The lowest BCUT2D eigenvalue weighted by atomic mass is 10.3. The third-order valence-electron chi connectivity index (χ3n) is 1.70. The number of hydrogen-bond donors (Lipinski definition) is 2. The topological polar surface area (TPSA) is 46.1 Å². The smallest absolute Gasteiger partial charge is 0.271 e. The van der Waals surface area contributed by atoms with E-state index in [1.165, 1.54) is 0 Å². The summed E-state index contributed by atoms with van der Waals surface area (Å²) in [5.74, 6) is -0.104. The molecule has 1 amide bonds. The molecule has 4 nitrogen and oxygen atoms in total. The van der Waals surface area contributed by atoms with Crippen molar-refractivity contribution in [2.45, 2.75) is 13.1 Å². The van der Waals surface area contributed by atoms with Gasteiger partial charge in [0.2, 0.25) is 0 Å². The van der Waals surface area contributed by atoms with E-state index in [9.17, 15) is 4.79 Å². The molecule has 2 rings (SSSR count). The standard InChI is InChI=1S/C7H8ClN3O/c1-4-9-7(12)6-2-5(8)3-11(6)10-4/h2-4,10H,1H3,(H,9,12). The normalized spacial score (nSPS) is 21.2. The summed E-state index contributed by atoms with van der Waals surface area (Å²) in [5, 5.41) is 3.28. The Kier molecular flexibility index (Phi) is 1.51. The van der Waals surface area contributed by atoms with Crippen LogP contribution in [0.25, 0.3) is 0 Å². The van der Waals surface area contributed by atoms with E-state index in [-0.39, 0.29) is 12.1 Å². The van der Waals surface area contributed by atoms with E-state index in [1.54, 1.807) is 16.9 Å². The molecule has 0 bridgehead atoms. The molecule has 0 fully saturated rings. The minimum absolute atomic E-state index is 0.0616. The maximum atomic E-state index is 11.3. The van der Waals surface area contributed by atoms with Crippen molar-refractivity contribution < 1.29 is 4.79 Å². The van der Waals surface area contributed by atoms with E-state index in [0.717, 1.165) is 0 Å². The van der Waals surface area contributed by atoms with E-state index < -0.39 is 0 Å². The molecule has 64 valence electrons. The summed E-state index contributed by atoms with van der Waals surface area (Å²) in [4.78, 5) is 11.3. The number of nitrogens with zero attached hydrogens (tertiary/aromatic N) is 1. The molecular weight excluding hydrogens is 178 g/mol. The molecule has 2 N–H and O–H groups in total. The third kappa shape index (κ3) is 1.04. The lowest BCUT2D eigenvalue weighted by molar-refractivity contribution is 0.0919. The maximum absolute atomic E-state index is 11.3. The lowest BCUT2D eigenvalue weighted by Crippen LogP contribution is -2.48. The van der Waals surface area contributed by atoms with Crippen molar-refractivity contribution in [3.63, 3.8) is 0 Å². The van der Waals surface area contributed by atoms with Crippen LogP contribution in [0, 0.1) is 0 Å². The molecule has 0 aromatic carbocycles. The SMILES string of the molecule is CC1NC(=O)c2cc(Cl)cn2N1.